The lowest BCUT2D eigenvalue weighted by Gasteiger charge is -2.21. The van der Waals surface area contributed by atoms with Gasteiger partial charge in [0.15, 0.2) is 0 Å². The molecule has 0 atom stereocenters. The third kappa shape index (κ3) is 4.96. The standard InChI is InChI=1S/C17H23NO5/c1-21-13-8-9-15(14(10-13)17(20)22-2)18-16(19)11-23-12-6-4-3-5-7-12/h8-10,12H,3-7,11H2,1-2H3,(H,18,19). The number of hydrogen-bond donors (Lipinski definition) is 1. The molecule has 0 radical (unpaired) electrons. The number of ether oxygens (including phenoxy) is 3. The third-order valence-corrected chi connectivity index (χ3v) is 3.91. The van der Waals surface area contributed by atoms with Crippen molar-refractivity contribution in [3.63, 3.8) is 0 Å². The van der Waals surface area contributed by atoms with E-state index in [4.69, 9.17) is 14.2 Å². The zero-order valence-electron chi connectivity index (χ0n) is 13.6. The Hall–Kier alpha value is -2.08. The largest absolute Gasteiger partial charge is 0.497 e. The number of methoxy groups -OCH3 is 2. The van der Waals surface area contributed by atoms with Gasteiger partial charge in [-0.1, -0.05) is 19.3 Å². The fourth-order valence-electron chi connectivity index (χ4n) is 2.65. The normalized spacial score (nSPS) is 15.0. The highest BCUT2D eigenvalue weighted by Gasteiger charge is 2.18. The topological polar surface area (TPSA) is 73.9 Å². The molecular formula is C17H23NO5. The van der Waals surface area contributed by atoms with E-state index >= 15 is 0 Å². The number of amides is 1. The van der Waals surface area contributed by atoms with E-state index in [9.17, 15) is 9.59 Å². The molecule has 0 aliphatic heterocycles. The molecule has 1 aliphatic rings. The van der Waals surface area contributed by atoms with Crippen LogP contribution in [0.15, 0.2) is 18.2 Å². The number of hydrogen-bond acceptors (Lipinski definition) is 5. The van der Waals surface area contributed by atoms with E-state index in [1.54, 1.807) is 12.1 Å². The molecule has 1 fully saturated rings. The van der Waals surface area contributed by atoms with Crippen LogP contribution in [0.1, 0.15) is 42.5 Å². The average Bonchev–Trinajstić information content (AvgIpc) is 2.60. The first-order chi connectivity index (χ1) is 11.1. The zero-order chi connectivity index (χ0) is 16.7. The highest BCUT2D eigenvalue weighted by atomic mass is 16.5. The molecule has 1 saturated carbocycles. The second kappa shape index (κ2) is 8.53. The number of carbonyl (C=O) groups is 2. The molecule has 1 aliphatic carbocycles. The molecule has 6 nitrogen and oxygen atoms in total. The van der Waals surface area contributed by atoms with Crippen molar-refractivity contribution in [2.75, 3.05) is 26.1 Å². The van der Waals surface area contributed by atoms with E-state index in [1.165, 1.54) is 26.7 Å². The summed E-state index contributed by atoms with van der Waals surface area (Å²) in [6.45, 7) is -0.0166. The van der Waals surface area contributed by atoms with E-state index in [2.05, 4.69) is 5.32 Å². The number of rotatable bonds is 6. The quantitative estimate of drug-likeness (QED) is 0.816. The molecule has 1 aromatic carbocycles. The van der Waals surface area contributed by atoms with Gasteiger partial charge in [0.25, 0.3) is 0 Å². The Morgan fingerprint density at radius 2 is 1.91 bits per heavy atom. The van der Waals surface area contributed by atoms with Gasteiger partial charge in [-0.15, -0.1) is 0 Å². The average molecular weight is 321 g/mol. The molecule has 2 rings (SSSR count). The van der Waals surface area contributed by atoms with E-state index in [1.807, 2.05) is 0 Å². The van der Waals surface area contributed by atoms with Crippen molar-refractivity contribution in [2.45, 2.75) is 38.2 Å². The number of carbonyl (C=O) groups excluding carboxylic acids is 2. The molecule has 1 amide bonds. The van der Waals surface area contributed by atoms with Crippen molar-refractivity contribution in [2.24, 2.45) is 0 Å². The molecular weight excluding hydrogens is 298 g/mol. The Bertz CT molecular complexity index is 552. The summed E-state index contributed by atoms with van der Waals surface area (Å²) in [5, 5.41) is 2.70. The van der Waals surface area contributed by atoms with Gasteiger partial charge in [0.05, 0.1) is 31.6 Å². The molecule has 0 bridgehead atoms. The third-order valence-electron chi connectivity index (χ3n) is 3.91. The Labute approximate surface area is 136 Å². The summed E-state index contributed by atoms with van der Waals surface area (Å²) in [6.07, 6.45) is 5.70. The van der Waals surface area contributed by atoms with Crippen molar-refractivity contribution >= 4 is 17.6 Å². The maximum absolute atomic E-state index is 12.1. The maximum atomic E-state index is 12.1. The molecule has 6 heteroatoms. The van der Waals surface area contributed by atoms with Crippen LogP contribution in [-0.4, -0.2) is 38.8 Å². The summed E-state index contributed by atoms with van der Waals surface area (Å²) in [6, 6.07) is 4.82. The molecule has 1 aromatic rings. The fourth-order valence-corrected chi connectivity index (χ4v) is 2.65. The smallest absolute Gasteiger partial charge is 0.340 e. The lowest BCUT2D eigenvalue weighted by Crippen LogP contribution is -2.25. The number of nitrogens with one attached hydrogen (secondary N) is 1. The summed E-state index contributed by atoms with van der Waals surface area (Å²) in [5.41, 5.74) is 0.632. The zero-order valence-corrected chi connectivity index (χ0v) is 13.6. The molecule has 23 heavy (non-hydrogen) atoms. The first-order valence-corrected chi connectivity index (χ1v) is 7.82. The van der Waals surface area contributed by atoms with Crippen LogP contribution in [0.3, 0.4) is 0 Å². The predicted molar refractivity (Wildman–Crippen MR) is 85.8 cm³/mol. The maximum Gasteiger partial charge on any atom is 0.340 e. The van der Waals surface area contributed by atoms with Crippen LogP contribution >= 0.6 is 0 Å². The van der Waals surface area contributed by atoms with Crippen LogP contribution in [0.25, 0.3) is 0 Å². The Kier molecular flexibility index (Phi) is 6.40. The second-order valence-corrected chi connectivity index (χ2v) is 5.52. The summed E-state index contributed by atoms with van der Waals surface area (Å²) in [5.74, 6) is -0.305. The van der Waals surface area contributed by atoms with Crippen molar-refractivity contribution in [3.8, 4) is 5.75 Å². The van der Waals surface area contributed by atoms with Gasteiger partial charge < -0.3 is 19.5 Å². The minimum absolute atomic E-state index is 0.0166. The predicted octanol–water partition coefficient (Wildman–Crippen LogP) is 2.77. The summed E-state index contributed by atoms with van der Waals surface area (Å²) >= 11 is 0. The minimum atomic E-state index is -0.535. The Morgan fingerprint density at radius 1 is 1.17 bits per heavy atom. The van der Waals surface area contributed by atoms with Crippen molar-refractivity contribution < 1.29 is 23.8 Å². The van der Waals surface area contributed by atoms with E-state index in [0.29, 0.717) is 11.4 Å². The van der Waals surface area contributed by atoms with Crippen LogP contribution in [0.4, 0.5) is 5.69 Å². The van der Waals surface area contributed by atoms with Gasteiger partial charge in [-0.05, 0) is 31.0 Å². The molecule has 0 heterocycles. The molecule has 0 saturated heterocycles. The summed E-state index contributed by atoms with van der Waals surface area (Å²) < 4.78 is 15.5. The monoisotopic (exact) mass is 321 g/mol. The lowest BCUT2D eigenvalue weighted by atomic mass is 9.98. The van der Waals surface area contributed by atoms with Gasteiger partial charge >= 0.3 is 5.97 Å². The minimum Gasteiger partial charge on any atom is -0.497 e. The number of benzene rings is 1. The summed E-state index contributed by atoms with van der Waals surface area (Å²) in [7, 11) is 2.80. The molecule has 0 spiro atoms. The van der Waals surface area contributed by atoms with Gasteiger partial charge in [-0.2, -0.15) is 0 Å². The van der Waals surface area contributed by atoms with Gasteiger partial charge in [0, 0.05) is 0 Å². The Morgan fingerprint density at radius 3 is 2.57 bits per heavy atom. The van der Waals surface area contributed by atoms with Crippen LogP contribution < -0.4 is 10.1 Å². The van der Waals surface area contributed by atoms with E-state index in [0.717, 1.165) is 25.7 Å². The van der Waals surface area contributed by atoms with E-state index < -0.39 is 5.97 Å². The van der Waals surface area contributed by atoms with Gasteiger partial charge in [-0.3, -0.25) is 4.79 Å². The highest BCUT2D eigenvalue weighted by molar-refractivity contribution is 6.01. The van der Waals surface area contributed by atoms with Gasteiger partial charge in [0.1, 0.15) is 12.4 Å². The molecule has 0 unspecified atom stereocenters. The van der Waals surface area contributed by atoms with Crippen molar-refractivity contribution in [1.29, 1.82) is 0 Å². The number of esters is 1. The van der Waals surface area contributed by atoms with Gasteiger partial charge in [0.2, 0.25) is 5.91 Å². The Balaban J connectivity index is 1.97. The van der Waals surface area contributed by atoms with Crippen LogP contribution in [0.5, 0.6) is 5.75 Å². The van der Waals surface area contributed by atoms with E-state index in [-0.39, 0.29) is 24.2 Å². The molecule has 126 valence electrons. The molecule has 1 N–H and O–H groups in total. The van der Waals surface area contributed by atoms with Gasteiger partial charge in [-0.25, -0.2) is 4.79 Å². The molecule has 0 aromatic heterocycles. The number of anilines is 1. The SMILES string of the molecule is COC(=O)c1cc(OC)ccc1NC(=O)COC1CCCCC1. The van der Waals surface area contributed by atoms with Crippen molar-refractivity contribution in [1.82, 2.24) is 0 Å². The first kappa shape index (κ1) is 17.3. The second-order valence-electron chi connectivity index (χ2n) is 5.52. The van der Waals surface area contributed by atoms with Crippen LogP contribution in [0, 0.1) is 0 Å². The van der Waals surface area contributed by atoms with Crippen LogP contribution in [0.2, 0.25) is 0 Å². The summed E-state index contributed by atoms with van der Waals surface area (Å²) in [4.78, 5) is 23.9. The van der Waals surface area contributed by atoms with Crippen LogP contribution in [-0.2, 0) is 14.3 Å². The fraction of sp³-hybridized carbons (Fsp3) is 0.529. The highest BCUT2D eigenvalue weighted by Crippen LogP contribution is 2.23. The first-order valence-electron chi connectivity index (χ1n) is 7.82. The lowest BCUT2D eigenvalue weighted by molar-refractivity contribution is -0.123. The van der Waals surface area contributed by atoms with Crippen molar-refractivity contribution in [3.05, 3.63) is 23.8 Å².